The summed E-state index contributed by atoms with van der Waals surface area (Å²) in [5.41, 5.74) is 1.78. The molecule has 102 valence electrons. The van der Waals surface area contributed by atoms with Crippen LogP contribution in [0.5, 0.6) is 0 Å². The van der Waals surface area contributed by atoms with Gasteiger partial charge in [-0.2, -0.15) is 0 Å². The van der Waals surface area contributed by atoms with Gasteiger partial charge in [-0.05, 0) is 38.5 Å². The van der Waals surface area contributed by atoms with E-state index in [4.69, 9.17) is 16.3 Å². The first kappa shape index (κ1) is 15.3. The van der Waals surface area contributed by atoms with Gasteiger partial charge in [0.25, 0.3) is 0 Å². The van der Waals surface area contributed by atoms with Gasteiger partial charge in [-0.1, -0.05) is 17.7 Å². The number of nitrogens with zero attached hydrogens (tertiary/aromatic N) is 1. The highest BCUT2D eigenvalue weighted by Crippen LogP contribution is 2.27. The second-order valence-corrected chi connectivity index (χ2v) is 5.13. The number of anilines is 1. The molecule has 0 spiro atoms. The number of benzene rings is 1. The fraction of sp³-hybridized carbons (Fsp3) is 0.571. The molecular formula is C14H22ClNO2. The second-order valence-electron chi connectivity index (χ2n) is 4.72. The summed E-state index contributed by atoms with van der Waals surface area (Å²) < 4.78 is 5.51. The molecule has 0 bridgehead atoms. The van der Waals surface area contributed by atoms with Gasteiger partial charge >= 0.3 is 0 Å². The summed E-state index contributed by atoms with van der Waals surface area (Å²) >= 11 is 6.14. The van der Waals surface area contributed by atoms with Gasteiger partial charge in [-0.25, -0.2) is 0 Å². The summed E-state index contributed by atoms with van der Waals surface area (Å²) in [5.74, 6) is 0. The third-order valence-corrected chi connectivity index (χ3v) is 3.08. The highest BCUT2D eigenvalue weighted by Gasteiger charge is 2.09. The van der Waals surface area contributed by atoms with Crippen LogP contribution in [0.1, 0.15) is 32.4 Å². The van der Waals surface area contributed by atoms with E-state index in [-0.39, 0.29) is 6.10 Å². The van der Waals surface area contributed by atoms with Crippen molar-refractivity contribution in [2.75, 3.05) is 25.1 Å². The lowest BCUT2D eigenvalue weighted by Crippen LogP contribution is -2.23. The molecule has 1 unspecified atom stereocenters. The van der Waals surface area contributed by atoms with E-state index in [0.29, 0.717) is 11.6 Å². The number of likely N-dealkylation sites (N-methyl/N-ethyl adjacent to an activating group) is 1. The number of aliphatic hydroxyl groups excluding tert-OH is 1. The van der Waals surface area contributed by atoms with Gasteiger partial charge in [-0.15, -0.1) is 0 Å². The summed E-state index contributed by atoms with van der Waals surface area (Å²) in [7, 11) is 2.00. The second kappa shape index (κ2) is 6.98. The number of hydrogen-bond acceptors (Lipinski definition) is 3. The summed E-state index contributed by atoms with van der Waals surface area (Å²) in [4.78, 5) is 2.08. The lowest BCUT2D eigenvalue weighted by atomic mass is 10.1. The Morgan fingerprint density at radius 2 is 2.00 bits per heavy atom. The predicted molar refractivity (Wildman–Crippen MR) is 76.4 cm³/mol. The smallest absolute Gasteiger partial charge is 0.0776 e. The fourth-order valence-corrected chi connectivity index (χ4v) is 1.98. The average molecular weight is 272 g/mol. The van der Waals surface area contributed by atoms with Crippen molar-refractivity contribution < 1.29 is 9.84 Å². The fourth-order valence-electron chi connectivity index (χ4n) is 1.65. The summed E-state index contributed by atoms with van der Waals surface area (Å²) in [6.07, 6.45) is -0.291. The predicted octanol–water partition coefficient (Wildman–Crippen LogP) is 3.25. The van der Waals surface area contributed by atoms with Crippen molar-refractivity contribution in [2.45, 2.75) is 33.0 Å². The minimum absolute atomic E-state index is 0.250. The van der Waals surface area contributed by atoms with E-state index in [1.165, 1.54) is 0 Å². The molecule has 0 aliphatic rings. The Kier molecular flexibility index (Phi) is 5.93. The maximum absolute atomic E-state index is 9.52. The Bertz CT molecular complexity index is 380. The van der Waals surface area contributed by atoms with Gasteiger partial charge in [0.2, 0.25) is 0 Å². The van der Waals surface area contributed by atoms with Crippen LogP contribution in [0.4, 0.5) is 5.69 Å². The molecule has 3 nitrogen and oxygen atoms in total. The molecule has 0 fully saturated rings. The third kappa shape index (κ3) is 4.48. The van der Waals surface area contributed by atoms with Crippen LogP contribution in [0.3, 0.4) is 0 Å². The van der Waals surface area contributed by atoms with Crippen LogP contribution < -0.4 is 4.90 Å². The molecule has 0 heterocycles. The van der Waals surface area contributed by atoms with Crippen LogP contribution in [0, 0.1) is 0 Å². The number of rotatable bonds is 6. The zero-order valence-electron chi connectivity index (χ0n) is 11.5. The Morgan fingerprint density at radius 1 is 1.33 bits per heavy atom. The highest BCUT2D eigenvalue weighted by atomic mass is 35.5. The molecule has 1 aromatic rings. The van der Waals surface area contributed by atoms with Crippen molar-refractivity contribution in [2.24, 2.45) is 0 Å². The summed E-state index contributed by atoms with van der Waals surface area (Å²) in [5, 5.41) is 10.1. The zero-order chi connectivity index (χ0) is 13.7. The molecule has 0 saturated carbocycles. The van der Waals surface area contributed by atoms with E-state index in [1.807, 2.05) is 39.1 Å². The molecule has 0 aliphatic heterocycles. The first-order chi connectivity index (χ1) is 8.41. The first-order valence-electron chi connectivity index (χ1n) is 6.22. The SMILES string of the molecule is CC(C)OCCN(C)c1ccc(C(C)O)c(Cl)c1. The van der Waals surface area contributed by atoms with Crippen molar-refractivity contribution >= 4 is 17.3 Å². The van der Waals surface area contributed by atoms with E-state index in [9.17, 15) is 5.11 Å². The van der Waals surface area contributed by atoms with Crippen molar-refractivity contribution in [3.8, 4) is 0 Å². The van der Waals surface area contributed by atoms with Crippen molar-refractivity contribution in [3.63, 3.8) is 0 Å². The quantitative estimate of drug-likeness (QED) is 0.862. The maximum atomic E-state index is 9.52. The number of ether oxygens (including phenoxy) is 1. The van der Waals surface area contributed by atoms with E-state index in [1.54, 1.807) is 6.92 Å². The molecule has 0 aliphatic carbocycles. The maximum Gasteiger partial charge on any atom is 0.0776 e. The molecule has 1 atom stereocenters. The number of hydrogen-bond donors (Lipinski definition) is 1. The zero-order valence-corrected chi connectivity index (χ0v) is 12.2. The topological polar surface area (TPSA) is 32.7 Å². The molecule has 1 N–H and O–H groups in total. The Morgan fingerprint density at radius 3 is 2.50 bits per heavy atom. The van der Waals surface area contributed by atoms with E-state index in [0.717, 1.165) is 17.8 Å². The molecule has 0 amide bonds. The summed E-state index contributed by atoms with van der Waals surface area (Å²) in [6, 6.07) is 5.70. The summed E-state index contributed by atoms with van der Waals surface area (Å²) in [6.45, 7) is 7.25. The largest absolute Gasteiger partial charge is 0.389 e. The molecule has 0 saturated heterocycles. The van der Waals surface area contributed by atoms with Crippen LogP contribution >= 0.6 is 11.6 Å². The standard InChI is InChI=1S/C14H22ClNO2/c1-10(2)18-8-7-16(4)12-5-6-13(11(3)17)14(15)9-12/h5-6,9-11,17H,7-8H2,1-4H3. The van der Waals surface area contributed by atoms with Crippen LogP contribution in [0.25, 0.3) is 0 Å². The lowest BCUT2D eigenvalue weighted by Gasteiger charge is -2.21. The Hall–Kier alpha value is -0.770. The van der Waals surface area contributed by atoms with Crippen molar-refractivity contribution in [1.82, 2.24) is 0 Å². The lowest BCUT2D eigenvalue weighted by molar-refractivity contribution is 0.0846. The molecular weight excluding hydrogens is 250 g/mol. The molecule has 1 aromatic carbocycles. The van der Waals surface area contributed by atoms with Crippen molar-refractivity contribution in [1.29, 1.82) is 0 Å². The van der Waals surface area contributed by atoms with Crippen LogP contribution in [-0.4, -0.2) is 31.4 Å². The molecule has 1 rings (SSSR count). The average Bonchev–Trinajstić information content (AvgIpc) is 2.27. The van der Waals surface area contributed by atoms with Gasteiger partial charge in [0, 0.05) is 24.3 Å². The Balaban J connectivity index is 2.63. The van der Waals surface area contributed by atoms with E-state index >= 15 is 0 Å². The minimum Gasteiger partial charge on any atom is -0.389 e. The third-order valence-electron chi connectivity index (χ3n) is 2.75. The monoisotopic (exact) mass is 271 g/mol. The van der Waals surface area contributed by atoms with E-state index < -0.39 is 6.10 Å². The molecule has 4 heteroatoms. The first-order valence-corrected chi connectivity index (χ1v) is 6.60. The molecule has 0 aromatic heterocycles. The normalized spacial score (nSPS) is 12.8. The Labute approximate surface area is 114 Å². The van der Waals surface area contributed by atoms with Gasteiger partial charge in [0.1, 0.15) is 0 Å². The van der Waals surface area contributed by atoms with Gasteiger partial charge < -0.3 is 14.7 Å². The minimum atomic E-state index is -0.541. The number of aliphatic hydroxyl groups is 1. The molecule has 18 heavy (non-hydrogen) atoms. The van der Waals surface area contributed by atoms with Crippen molar-refractivity contribution in [3.05, 3.63) is 28.8 Å². The van der Waals surface area contributed by atoms with Crippen LogP contribution in [0.2, 0.25) is 5.02 Å². The molecule has 0 radical (unpaired) electrons. The number of halogens is 1. The highest BCUT2D eigenvalue weighted by molar-refractivity contribution is 6.31. The van der Waals surface area contributed by atoms with Crippen LogP contribution in [0.15, 0.2) is 18.2 Å². The van der Waals surface area contributed by atoms with E-state index in [2.05, 4.69) is 4.90 Å². The van der Waals surface area contributed by atoms with Gasteiger partial charge in [0.15, 0.2) is 0 Å². The van der Waals surface area contributed by atoms with Gasteiger partial charge in [-0.3, -0.25) is 0 Å². The van der Waals surface area contributed by atoms with Gasteiger partial charge in [0.05, 0.1) is 18.8 Å². The van der Waals surface area contributed by atoms with Crippen LogP contribution in [-0.2, 0) is 4.74 Å².